The van der Waals surface area contributed by atoms with Crippen molar-refractivity contribution in [2.75, 3.05) is 38.1 Å². The number of benzene rings is 2. The van der Waals surface area contributed by atoms with E-state index in [1.54, 1.807) is 23.0 Å². The molecule has 1 amide bonds. The van der Waals surface area contributed by atoms with Crippen LogP contribution in [0.15, 0.2) is 54.9 Å². The zero-order valence-electron chi connectivity index (χ0n) is 21.2. The Labute approximate surface area is 212 Å². The highest BCUT2D eigenvalue weighted by Crippen LogP contribution is 2.49. The highest BCUT2D eigenvalue weighted by atomic mass is 19.1. The average Bonchev–Trinajstić information content (AvgIpc) is 3.42. The maximum atomic E-state index is 15.2. The SMILES string of the molecule is CN1CCC(N2CCC3(CC2)C(=O)N(Cc2ccc(-c4cnn(C)c4)cc2F)c2ccccc23)CC1. The molecule has 0 radical (unpaired) electrons. The number of amides is 1. The fourth-order valence-electron chi connectivity index (χ4n) is 6.46. The topological polar surface area (TPSA) is 44.6 Å². The normalized spacial score (nSPS) is 20.9. The van der Waals surface area contributed by atoms with Gasteiger partial charge >= 0.3 is 0 Å². The van der Waals surface area contributed by atoms with Gasteiger partial charge in [0.25, 0.3) is 0 Å². The minimum atomic E-state index is -0.495. The van der Waals surface area contributed by atoms with Crippen molar-refractivity contribution in [3.8, 4) is 11.1 Å². The number of nitrogens with zero attached hydrogens (tertiary/aromatic N) is 5. The van der Waals surface area contributed by atoms with Crippen LogP contribution in [0.5, 0.6) is 0 Å². The molecule has 0 N–H and O–H groups in total. The highest BCUT2D eigenvalue weighted by Gasteiger charge is 2.52. The average molecular weight is 488 g/mol. The van der Waals surface area contributed by atoms with Gasteiger partial charge in [0.1, 0.15) is 5.82 Å². The molecule has 0 saturated carbocycles. The second kappa shape index (κ2) is 9.12. The summed E-state index contributed by atoms with van der Waals surface area (Å²) in [5.74, 6) is -0.165. The molecule has 6 nitrogen and oxygen atoms in total. The molecule has 4 heterocycles. The van der Waals surface area contributed by atoms with Crippen LogP contribution < -0.4 is 4.90 Å². The van der Waals surface area contributed by atoms with Gasteiger partial charge in [0.2, 0.25) is 5.91 Å². The van der Waals surface area contributed by atoms with Crippen LogP contribution in [0, 0.1) is 5.82 Å². The lowest BCUT2D eigenvalue weighted by molar-refractivity contribution is -0.125. The first kappa shape index (κ1) is 23.4. The number of carbonyl (C=O) groups is 1. The van der Waals surface area contributed by atoms with Crippen molar-refractivity contribution < 1.29 is 9.18 Å². The number of para-hydroxylation sites is 1. The summed E-state index contributed by atoms with van der Waals surface area (Å²) in [6.07, 6.45) is 7.66. The van der Waals surface area contributed by atoms with Gasteiger partial charge in [0.05, 0.1) is 18.2 Å². The van der Waals surface area contributed by atoms with Crippen LogP contribution in [0.25, 0.3) is 11.1 Å². The van der Waals surface area contributed by atoms with Gasteiger partial charge in [-0.25, -0.2) is 4.39 Å². The number of aromatic nitrogens is 2. The molecular formula is C29H34FN5O. The zero-order chi connectivity index (χ0) is 24.9. The van der Waals surface area contributed by atoms with E-state index in [-0.39, 0.29) is 18.3 Å². The molecule has 2 fully saturated rings. The van der Waals surface area contributed by atoms with Gasteiger partial charge in [-0.2, -0.15) is 5.10 Å². The fraction of sp³-hybridized carbons (Fsp3) is 0.448. The van der Waals surface area contributed by atoms with E-state index in [1.807, 2.05) is 42.4 Å². The van der Waals surface area contributed by atoms with Crippen molar-refractivity contribution in [3.63, 3.8) is 0 Å². The van der Waals surface area contributed by atoms with Crippen LogP contribution >= 0.6 is 0 Å². The van der Waals surface area contributed by atoms with Crippen LogP contribution in [0.3, 0.4) is 0 Å². The number of hydrogen-bond donors (Lipinski definition) is 0. The molecule has 2 aromatic carbocycles. The molecule has 188 valence electrons. The van der Waals surface area contributed by atoms with Crippen LogP contribution in [-0.4, -0.2) is 64.8 Å². The molecule has 2 saturated heterocycles. The third-order valence-electron chi connectivity index (χ3n) is 8.64. The Morgan fingerprint density at radius 3 is 2.44 bits per heavy atom. The minimum Gasteiger partial charge on any atom is -0.307 e. The standard InChI is InChI=1S/C29H34FN5O/c1-32-13-9-24(10-14-32)34-15-11-29(12-16-34)25-5-3-4-6-27(25)35(28(29)36)20-22-8-7-21(17-26(22)30)23-18-31-33(2)19-23/h3-8,17-19,24H,9-16,20H2,1-2H3. The number of hydrogen-bond acceptors (Lipinski definition) is 4. The summed E-state index contributed by atoms with van der Waals surface area (Å²) in [7, 11) is 4.04. The summed E-state index contributed by atoms with van der Waals surface area (Å²) >= 11 is 0. The summed E-state index contributed by atoms with van der Waals surface area (Å²) in [5, 5.41) is 4.19. The molecule has 0 unspecified atom stereocenters. The van der Waals surface area contributed by atoms with E-state index in [4.69, 9.17) is 0 Å². The summed E-state index contributed by atoms with van der Waals surface area (Å²) in [6.45, 7) is 4.42. The molecule has 3 aromatic rings. The first-order valence-corrected chi connectivity index (χ1v) is 13.1. The molecule has 3 aliphatic rings. The van der Waals surface area contributed by atoms with Crippen molar-refractivity contribution >= 4 is 11.6 Å². The molecule has 36 heavy (non-hydrogen) atoms. The second-order valence-electron chi connectivity index (χ2n) is 10.8. The number of likely N-dealkylation sites (tertiary alicyclic amines) is 2. The Hall–Kier alpha value is -3.03. The van der Waals surface area contributed by atoms with E-state index in [0.717, 1.165) is 61.4 Å². The fourth-order valence-corrected chi connectivity index (χ4v) is 6.46. The van der Waals surface area contributed by atoms with Crippen molar-refractivity contribution in [3.05, 3.63) is 71.8 Å². The minimum absolute atomic E-state index is 0.127. The molecule has 0 aliphatic carbocycles. The Morgan fingerprint density at radius 2 is 1.75 bits per heavy atom. The summed E-state index contributed by atoms with van der Waals surface area (Å²) in [5.41, 5.74) is 3.75. The van der Waals surface area contributed by atoms with E-state index in [9.17, 15) is 4.79 Å². The molecule has 7 heteroatoms. The first-order chi connectivity index (χ1) is 17.4. The second-order valence-corrected chi connectivity index (χ2v) is 10.8. The molecule has 6 rings (SSSR count). The van der Waals surface area contributed by atoms with Crippen molar-refractivity contribution in [2.24, 2.45) is 7.05 Å². The predicted octanol–water partition coefficient (Wildman–Crippen LogP) is 4.20. The molecular weight excluding hydrogens is 453 g/mol. The van der Waals surface area contributed by atoms with Gasteiger partial charge in [-0.15, -0.1) is 0 Å². The smallest absolute Gasteiger partial charge is 0.238 e. The third kappa shape index (κ3) is 3.95. The van der Waals surface area contributed by atoms with Gasteiger partial charge in [0, 0.05) is 36.1 Å². The number of piperidine rings is 2. The molecule has 3 aliphatic heterocycles. The number of halogens is 1. The van der Waals surface area contributed by atoms with Gasteiger partial charge in [-0.1, -0.05) is 30.3 Å². The lowest BCUT2D eigenvalue weighted by Gasteiger charge is -2.44. The summed E-state index contributed by atoms with van der Waals surface area (Å²) < 4.78 is 16.9. The number of rotatable bonds is 4. The molecule has 1 aromatic heterocycles. The van der Waals surface area contributed by atoms with Gasteiger partial charge < -0.3 is 14.7 Å². The van der Waals surface area contributed by atoms with Gasteiger partial charge in [0.15, 0.2) is 0 Å². The largest absolute Gasteiger partial charge is 0.307 e. The van der Waals surface area contributed by atoms with E-state index < -0.39 is 5.41 Å². The number of aryl methyl sites for hydroxylation is 1. The highest BCUT2D eigenvalue weighted by molar-refractivity contribution is 6.08. The number of anilines is 1. The van der Waals surface area contributed by atoms with Gasteiger partial charge in [-0.3, -0.25) is 9.48 Å². The third-order valence-corrected chi connectivity index (χ3v) is 8.64. The number of fused-ring (bicyclic) bond motifs is 2. The van der Waals surface area contributed by atoms with E-state index in [0.29, 0.717) is 11.6 Å². The molecule has 0 atom stereocenters. The zero-order valence-corrected chi connectivity index (χ0v) is 21.2. The molecule has 0 bridgehead atoms. The summed E-state index contributed by atoms with van der Waals surface area (Å²) in [4.78, 5) is 20.9. The lowest BCUT2D eigenvalue weighted by Crippen LogP contribution is -2.53. The maximum absolute atomic E-state index is 15.2. The quantitative estimate of drug-likeness (QED) is 0.553. The number of carbonyl (C=O) groups excluding carboxylic acids is 1. The maximum Gasteiger partial charge on any atom is 0.238 e. The summed E-state index contributed by atoms with van der Waals surface area (Å²) in [6, 6.07) is 14.0. The van der Waals surface area contributed by atoms with E-state index >= 15 is 4.39 Å². The Morgan fingerprint density at radius 1 is 1.00 bits per heavy atom. The van der Waals surface area contributed by atoms with Crippen molar-refractivity contribution in [1.29, 1.82) is 0 Å². The first-order valence-electron chi connectivity index (χ1n) is 13.1. The Bertz CT molecular complexity index is 1270. The Balaban J connectivity index is 1.23. The van der Waals surface area contributed by atoms with Crippen LogP contribution in [0.4, 0.5) is 10.1 Å². The van der Waals surface area contributed by atoms with Crippen LogP contribution in [0.1, 0.15) is 36.8 Å². The monoisotopic (exact) mass is 487 g/mol. The predicted molar refractivity (Wildman–Crippen MR) is 139 cm³/mol. The van der Waals surface area contributed by atoms with E-state index in [2.05, 4.69) is 28.0 Å². The van der Waals surface area contributed by atoms with Crippen molar-refractivity contribution in [2.45, 2.75) is 43.7 Å². The lowest BCUT2D eigenvalue weighted by atomic mass is 9.73. The van der Waals surface area contributed by atoms with Crippen LogP contribution in [0.2, 0.25) is 0 Å². The van der Waals surface area contributed by atoms with Crippen molar-refractivity contribution in [1.82, 2.24) is 19.6 Å². The Kier molecular flexibility index (Phi) is 5.92. The molecule has 1 spiro atoms. The van der Waals surface area contributed by atoms with Gasteiger partial charge in [-0.05, 0) is 82.2 Å². The van der Waals surface area contributed by atoms with E-state index in [1.165, 1.54) is 12.8 Å². The van der Waals surface area contributed by atoms with Crippen LogP contribution in [-0.2, 0) is 23.8 Å².